The number of hydrogen-bond donors (Lipinski definition) is 2. The molecule has 1 fully saturated rings. The standard InChI is InChI=1S/C20H23N3O5/c1-12(17(25)14-11-21-15-8-5-4-7-13(14)15)28-16(24)9-6-10-23-18(26)20(2,3)22-19(23)27/h4-5,7-8,11-12,21H,6,9-10H2,1-3H3,(H,22,27)/t12-/m1/s1. The van der Waals surface area contributed by atoms with Gasteiger partial charge in [-0.1, -0.05) is 18.2 Å². The summed E-state index contributed by atoms with van der Waals surface area (Å²) in [6.45, 7) is 4.90. The van der Waals surface area contributed by atoms with Crippen molar-refractivity contribution in [2.24, 2.45) is 0 Å². The normalized spacial score (nSPS) is 16.9. The summed E-state index contributed by atoms with van der Waals surface area (Å²) >= 11 is 0. The van der Waals surface area contributed by atoms with Crippen LogP contribution in [0.5, 0.6) is 0 Å². The second-order valence-corrected chi connectivity index (χ2v) is 7.36. The van der Waals surface area contributed by atoms with Crippen molar-refractivity contribution in [3.8, 4) is 0 Å². The zero-order valence-corrected chi connectivity index (χ0v) is 16.1. The van der Waals surface area contributed by atoms with Gasteiger partial charge >= 0.3 is 12.0 Å². The number of carbonyl (C=O) groups is 4. The maximum atomic E-state index is 12.6. The van der Waals surface area contributed by atoms with E-state index in [9.17, 15) is 19.2 Å². The lowest BCUT2D eigenvalue weighted by atomic mass is 10.1. The van der Waals surface area contributed by atoms with Gasteiger partial charge in [-0.2, -0.15) is 0 Å². The zero-order valence-electron chi connectivity index (χ0n) is 16.1. The lowest BCUT2D eigenvalue weighted by molar-refractivity contribution is -0.146. The van der Waals surface area contributed by atoms with Gasteiger partial charge in [-0.25, -0.2) is 4.79 Å². The number of fused-ring (bicyclic) bond motifs is 1. The lowest BCUT2D eigenvalue weighted by Gasteiger charge is -2.16. The van der Waals surface area contributed by atoms with Crippen LogP contribution in [0, 0.1) is 0 Å². The average Bonchev–Trinajstić information content (AvgIpc) is 3.14. The Morgan fingerprint density at radius 2 is 1.93 bits per heavy atom. The molecule has 0 bridgehead atoms. The molecule has 8 heteroatoms. The second kappa shape index (κ2) is 7.46. The lowest BCUT2D eigenvalue weighted by Crippen LogP contribution is -2.40. The molecule has 2 heterocycles. The number of Topliss-reactive ketones (excluding diaryl/α,β-unsaturated/α-hetero) is 1. The van der Waals surface area contributed by atoms with Gasteiger partial charge in [0.2, 0.25) is 5.78 Å². The van der Waals surface area contributed by atoms with Gasteiger partial charge in [-0.3, -0.25) is 19.3 Å². The fourth-order valence-corrected chi connectivity index (χ4v) is 3.21. The molecule has 0 radical (unpaired) electrons. The van der Waals surface area contributed by atoms with E-state index in [0.717, 1.165) is 15.8 Å². The van der Waals surface area contributed by atoms with Crippen molar-refractivity contribution in [2.75, 3.05) is 6.54 Å². The number of para-hydroxylation sites is 1. The molecular formula is C20H23N3O5. The predicted octanol–water partition coefficient (Wildman–Crippen LogP) is 2.39. The van der Waals surface area contributed by atoms with Gasteiger partial charge in [0, 0.05) is 35.6 Å². The van der Waals surface area contributed by atoms with Gasteiger partial charge < -0.3 is 15.0 Å². The van der Waals surface area contributed by atoms with Gasteiger partial charge in [-0.05, 0) is 33.3 Å². The number of esters is 1. The van der Waals surface area contributed by atoms with Crippen molar-refractivity contribution in [2.45, 2.75) is 45.3 Å². The number of carbonyl (C=O) groups excluding carboxylic acids is 4. The number of H-pyrrole nitrogens is 1. The van der Waals surface area contributed by atoms with E-state index in [1.54, 1.807) is 20.0 Å². The summed E-state index contributed by atoms with van der Waals surface area (Å²) in [5.41, 5.74) is 0.371. The van der Waals surface area contributed by atoms with Crippen LogP contribution in [0.3, 0.4) is 0 Å². The third-order valence-corrected chi connectivity index (χ3v) is 4.74. The van der Waals surface area contributed by atoms with Crippen molar-refractivity contribution in [1.29, 1.82) is 0 Å². The number of ether oxygens (including phenoxy) is 1. The van der Waals surface area contributed by atoms with Crippen molar-refractivity contribution >= 4 is 34.6 Å². The molecule has 0 aliphatic carbocycles. The molecule has 28 heavy (non-hydrogen) atoms. The van der Waals surface area contributed by atoms with Crippen LogP contribution >= 0.6 is 0 Å². The van der Waals surface area contributed by atoms with Crippen LogP contribution in [0.1, 0.15) is 44.0 Å². The molecule has 0 saturated carbocycles. The summed E-state index contributed by atoms with van der Waals surface area (Å²) < 4.78 is 5.24. The summed E-state index contributed by atoms with van der Waals surface area (Å²) in [5.74, 6) is -1.16. The highest BCUT2D eigenvalue weighted by molar-refractivity contribution is 6.10. The van der Waals surface area contributed by atoms with Gasteiger partial charge in [0.25, 0.3) is 5.91 Å². The number of urea groups is 1. The molecule has 1 aliphatic heterocycles. The quantitative estimate of drug-likeness (QED) is 0.432. The third-order valence-electron chi connectivity index (χ3n) is 4.74. The SMILES string of the molecule is C[C@@H](OC(=O)CCCN1C(=O)NC(C)(C)C1=O)C(=O)c1c[nH]c2ccccc12. The monoisotopic (exact) mass is 385 g/mol. The number of nitrogens with one attached hydrogen (secondary N) is 2. The Labute approximate surface area is 162 Å². The highest BCUT2D eigenvalue weighted by atomic mass is 16.5. The highest BCUT2D eigenvalue weighted by Gasteiger charge is 2.43. The van der Waals surface area contributed by atoms with E-state index in [1.807, 2.05) is 24.3 Å². The number of benzene rings is 1. The fraction of sp³-hybridized carbons (Fsp3) is 0.400. The Morgan fingerprint density at radius 1 is 1.21 bits per heavy atom. The molecule has 148 valence electrons. The highest BCUT2D eigenvalue weighted by Crippen LogP contribution is 2.20. The van der Waals surface area contributed by atoms with E-state index in [4.69, 9.17) is 4.74 Å². The summed E-state index contributed by atoms with van der Waals surface area (Å²) in [4.78, 5) is 52.7. The molecule has 2 N–H and O–H groups in total. The van der Waals surface area contributed by atoms with E-state index >= 15 is 0 Å². The summed E-state index contributed by atoms with van der Waals surface area (Å²) in [6, 6.07) is 6.92. The molecule has 0 unspecified atom stereocenters. The van der Waals surface area contributed by atoms with E-state index in [2.05, 4.69) is 10.3 Å². The Bertz CT molecular complexity index is 946. The summed E-state index contributed by atoms with van der Waals surface area (Å²) in [5, 5.41) is 3.36. The first-order valence-electron chi connectivity index (χ1n) is 9.14. The maximum Gasteiger partial charge on any atom is 0.325 e. The molecule has 8 nitrogen and oxygen atoms in total. The summed E-state index contributed by atoms with van der Waals surface area (Å²) in [7, 11) is 0. The van der Waals surface area contributed by atoms with Gasteiger partial charge in [0.15, 0.2) is 6.10 Å². The number of nitrogens with zero attached hydrogens (tertiary/aromatic N) is 1. The number of aromatic amines is 1. The van der Waals surface area contributed by atoms with E-state index in [1.165, 1.54) is 6.92 Å². The third kappa shape index (κ3) is 3.76. The minimum Gasteiger partial charge on any atom is -0.454 e. The van der Waals surface area contributed by atoms with Gasteiger partial charge in [0.1, 0.15) is 5.54 Å². The molecule has 2 aromatic rings. The number of hydrogen-bond acceptors (Lipinski definition) is 5. The maximum absolute atomic E-state index is 12.6. The van der Waals surface area contributed by atoms with Crippen molar-refractivity contribution in [1.82, 2.24) is 15.2 Å². The van der Waals surface area contributed by atoms with Crippen LogP contribution in [0.25, 0.3) is 10.9 Å². The molecule has 1 aliphatic rings. The van der Waals surface area contributed by atoms with Gasteiger partial charge in [-0.15, -0.1) is 0 Å². The number of ketones is 1. The molecule has 3 amide bonds. The molecule has 1 aromatic heterocycles. The number of aromatic nitrogens is 1. The predicted molar refractivity (Wildman–Crippen MR) is 102 cm³/mol. The van der Waals surface area contributed by atoms with E-state index in [0.29, 0.717) is 5.56 Å². The van der Waals surface area contributed by atoms with Crippen LogP contribution in [-0.2, 0) is 14.3 Å². The van der Waals surface area contributed by atoms with Crippen LogP contribution in [-0.4, -0.2) is 51.8 Å². The average molecular weight is 385 g/mol. The minimum absolute atomic E-state index is 0.00297. The van der Waals surface area contributed by atoms with Crippen LogP contribution in [0.15, 0.2) is 30.5 Å². The van der Waals surface area contributed by atoms with Crippen molar-refractivity contribution < 1.29 is 23.9 Å². The zero-order chi connectivity index (χ0) is 20.5. The minimum atomic E-state index is -0.933. The van der Waals surface area contributed by atoms with Crippen molar-refractivity contribution in [3.63, 3.8) is 0 Å². The largest absolute Gasteiger partial charge is 0.454 e. The molecule has 3 rings (SSSR count). The molecular weight excluding hydrogens is 362 g/mol. The number of imide groups is 1. The Kier molecular flexibility index (Phi) is 5.22. The second-order valence-electron chi connectivity index (χ2n) is 7.36. The van der Waals surface area contributed by atoms with Gasteiger partial charge in [0.05, 0.1) is 0 Å². The first kappa shape index (κ1) is 19.6. The van der Waals surface area contributed by atoms with E-state index < -0.39 is 23.6 Å². The summed E-state index contributed by atoms with van der Waals surface area (Å²) in [6.07, 6.45) is 0.948. The topological polar surface area (TPSA) is 109 Å². The first-order chi connectivity index (χ1) is 13.2. The molecule has 1 aromatic carbocycles. The molecule has 1 saturated heterocycles. The Morgan fingerprint density at radius 3 is 2.61 bits per heavy atom. The van der Waals surface area contributed by atoms with Crippen molar-refractivity contribution in [3.05, 3.63) is 36.0 Å². The smallest absolute Gasteiger partial charge is 0.325 e. The molecule has 1 atom stereocenters. The van der Waals surface area contributed by atoms with E-state index in [-0.39, 0.29) is 31.1 Å². The van der Waals surface area contributed by atoms with Crippen LogP contribution < -0.4 is 5.32 Å². The number of rotatable bonds is 7. The Balaban J connectivity index is 1.51. The van der Waals surface area contributed by atoms with Crippen LogP contribution in [0.4, 0.5) is 4.79 Å². The van der Waals surface area contributed by atoms with Crippen LogP contribution in [0.2, 0.25) is 0 Å². The fourth-order valence-electron chi connectivity index (χ4n) is 3.21. The molecule has 0 spiro atoms. The number of amides is 3. The Hall–Kier alpha value is -3.16. The first-order valence-corrected chi connectivity index (χ1v) is 9.14.